The summed E-state index contributed by atoms with van der Waals surface area (Å²) in [5.74, 6) is -0.278. The second-order valence-corrected chi connectivity index (χ2v) is 5.27. The summed E-state index contributed by atoms with van der Waals surface area (Å²) in [4.78, 5) is 16.0. The number of carbonyl (C=O) groups is 1. The van der Waals surface area contributed by atoms with Gasteiger partial charge >= 0.3 is 0 Å². The molecular weight excluding hydrogens is 246 g/mol. The Bertz CT molecular complexity index is 467. The Hall–Kier alpha value is -1.67. The second kappa shape index (κ2) is 6.31. The van der Waals surface area contributed by atoms with Gasteiger partial charge in [0.25, 0.3) is 5.91 Å². The number of nitriles is 1. The molecule has 1 aliphatic carbocycles. The standard InChI is InChI=1S/C13H15N3OS/c14-9-10(8-12-15-6-7-18-12)13(17)16-11-4-2-1-3-5-11/h6-8,11H,1-5H2,(H,16,17). The van der Waals surface area contributed by atoms with Gasteiger partial charge in [-0.05, 0) is 18.9 Å². The SMILES string of the molecule is N#CC(=Cc1nccs1)C(=O)NC1CCCCC1. The third kappa shape index (κ3) is 3.41. The monoisotopic (exact) mass is 261 g/mol. The van der Waals surface area contributed by atoms with Crippen molar-refractivity contribution in [3.8, 4) is 6.07 Å². The maximum absolute atomic E-state index is 11.9. The van der Waals surface area contributed by atoms with Crippen LogP contribution in [0.1, 0.15) is 37.1 Å². The Morgan fingerprint density at radius 1 is 1.50 bits per heavy atom. The first kappa shape index (κ1) is 12.8. The number of nitrogens with one attached hydrogen (secondary N) is 1. The molecular formula is C13H15N3OS. The molecule has 4 nitrogen and oxygen atoms in total. The van der Waals surface area contributed by atoms with E-state index < -0.39 is 0 Å². The summed E-state index contributed by atoms with van der Waals surface area (Å²) in [6.45, 7) is 0. The Kier molecular flexibility index (Phi) is 4.48. The quantitative estimate of drug-likeness (QED) is 0.671. The van der Waals surface area contributed by atoms with Gasteiger partial charge in [0.05, 0.1) is 0 Å². The Morgan fingerprint density at radius 2 is 2.28 bits per heavy atom. The van der Waals surface area contributed by atoms with Gasteiger partial charge in [-0.2, -0.15) is 5.26 Å². The summed E-state index contributed by atoms with van der Waals surface area (Å²) in [5.41, 5.74) is 0.135. The van der Waals surface area contributed by atoms with E-state index >= 15 is 0 Å². The first-order valence-corrected chi connectivity index (χ1v) is 6.99. The molecule has 1 aromatic rings. The van der Waals surface area contributed by atoms with E-state index in [-0.39, 0.29) is 17.5 Å². The topological polar surface area (TPSA) is 65.8 Å². The van der Waals surface area contributed by atoms with Gasteiger partial charge < -0.3 is 5.32 Å². The Morgan fingerprint density at radius 3 is 2.89 bits per heavy atom. The lowest BCUT2D eigenvalue weighted by molar-refractivity contribution is -0.117. The van der Waals surface area contributed by atoms with E-state index in [1.807, 2.05) is 11.4 Å². The number of aromatic nitrogens is 1. The van der Waals surface area contributed by atoms with Crippen LogP contribution in [0.15, 0.2) is 17.2 Å². The molecule has 1 N–H and O–H groups in total. The number of nitrogens with zero attached hydrogens (tertiary/aromatic N) is 2. The van der Waals surface area contributed by atoms with Gasteiger partial charge in [0, 0.05) is 17.6 Å². The highest BCUT2D eigenvalue weighted by atomic mass is 32.1. The Labute approximate surface area is 110 Å². The summed E-state index contributed by atoms with van der Waals surface area (Å²) < 4.78 is 0. The molecule has 1 saturated carbocycles. The summed E-state index contributed by atoms with van der Waals surface area (Å²) >= 11 is 1.41. The van der Waals surface area contributed by atoms with Crippen LogP contribution in [0.3, 0.4) is 0 Å². The van der Waals surface area contributed by atoms with Gasteiger partial charge in [-0.1, -0.05) is 19.3 Å². The lowest BCUT2D eigenvalue weighted by atomic mass is 9.95. The molecule has 2 rings (SSSR count). The highest BCUT2D eigenvalue weighted by molar-refractivity contribution is 7.10. The van der Waals surface area contributed by atoms with E-state index in [9.17, 15) is 4.79 Å². The molecule has 0 unspecified atom stereocenters. The van der Waals surface area contributed by atoms with Crippen molar-refractivity contribution < 1.29 is 4.79 Å². The molecule has 1 amide bonds. The predicted molar refractivity (Wildman–Crippen MR) is 70.7 cm³/mol. The van der Waals surface area contributed by atoms with Crippen LogP contribution in [0.2, 0.25) is 0 Å². The fourth-order valence-electron chi connectivity index (χ4n) is 2.09. The van der Waals surface area contributed by atoms with Crippen LogP contribution in [0, 0.1) is 11.3 Å². The number of rotatable bonds is 3. The lowest BCUT2D eigenvalue weighted by Crippen LogP contribution is -2.36. The molecule has 0 bridgehead atoms. The molecule has 94 valence electrons. The second-order valence-electron chi connectivity index (χ2n) is 4.35. The fourth-order valence-corrected chi connectivity index (χ4v) is 2.66. The van der Waals surface area contributed by atoms with Crippen LogP contribution in [0.25, 0.3) is 6.08 Å². The smallest absolute Gasteiger partial charge is 0.262 e. The highest BCUT2D eigenvalue weighted by Gasteiger charge is 2.18. The van der Waals surface area contributed by atoms with Crippen molar-refractivity contribution in [1.29, 1.82) is 5.26 Å². The van der Waals surface area contributed by atoms with Crippen molar-refractivity contribution in [3.05, 3.63) is 22.2 Å². The van der Waals surface area contributed by atoms with E-state index in [1.165, 1.54) is 17.8 Å². The average molecular weight is 261 g/mol. The van der Waals surface area contributed by atoms with E-state index in [0.29, 0.717) is 5.01 Å². The highest BCUT2D eigenvalue weighted by Crippen LogP contribution is 2.18. The minimum atomic E-state index is -0.278. The number of hydrogen-bond donors (Lipinski definition) is 1. The van der Waals surface area contributed by atoms with Crippen LogP contribution >= 0.6 is 11.3 Å². The van der Waals surface area contributed by atoms with Gasteiger partial charge in [0.15, 0.2) is 0 Å². The maximum atomic E-state index is 11.9. The minimum absolute atomic E-state index is 0.135. The first-order valence-electron chi connectivity index (χ1n) is 6.12. The van der Waals surface area contributed by atoms with E-state index in [1.54, 1.807) is 12.3 Å². The number of carbonyl (C=O) groups excluding carboxylic acids is 1. The molecule has 0 atom stereocenters. The molecule has 0 aliphatic heterocycles. The van der Waals surface area contributed by atoms with Crippen molar-refractivity contribution in [2.75, 3.05) is 0 Å². The summed E-state index contributed by atoms with van der Waals surface area (Å²) in [5, 5.41) is 14.5. The fraction of sp³-hybridized carbons (Fsp3) is 0.462. The van der Waals surface area contributed by atoms with Crippen LogP contribution < -0.4 is 5.32 Å². The van der Waals surface area contributed by atoms with Gasteiger partial charge in [0.1, 0.15) is 16.6 Å². The molecule has 0 radical (unpaired) electrons. The van der Waals surface area contributed by atoms with Gasteiger partial charge in [-0.15, -0.1) is 11.3 Å². The minimum Gasteiger partial charge on any atom is -0.349 e. The van der Waals surface area contributed by atoms with Gasteiger partial charge in [-0.25, -0.2) is 4.98 Å². The van der Waals surface area contributed by atoms with Crippen molar-refractivity contribution >= 4 is 23.3 Å². The van der Waals surface area contributed by atoms with Gasteiger partial charge in [0.2, 0.25) is 0 Å². The molecule has 1 aliphatic rings. The van der Waals surface area contributed by atoms with Crippen molar-refractivity contribution in [3.63, 3.8) is 0 Å². The molecule has 0 saturated heterocycles. The lowest BCUT2D eigenvalue weighted by Gasteiger charge is -2.22. The zero-order valence-corrected chi connectivity index (χ0v) is 10.9. The largest absolute Gasteiger partial charge is 0.349 e. The molecule has 0 spiro atoms. The van der Waals surface area contributed by atoms with Crippen LogP contribution in [0.5, 0.6) is 0 Å². The normalized spacial score (nSPS) is 17.2. The number of thiazole rings is 1. The van der Waals surface area contributed by atoms with E-state index in [4.69, 9.17) is 5.26 Å². The average Bonchev–Trinajstić information content (AvgIpc) is 2.90. The third-order valence-electron chi connectivity index (χ3n) is 3.02. The van der Waals surface area contributed by atoms with Crippen molar-refractivity contribution in [2.45, 2.75) is 38.1 Å². The third-order valence-corrected chi connectivity index (χ3v) is 3.75. The molecule has 1 fully saturated rings. The number of hydrogen-bond acceptors (Lipinski definition) is 4. The van der Waals surface area contributed by atoms with Crippen molar-refractivity contribution in [1.82, 2.24) is 10.3 Å². The Balaban J connectivity index is 2.00. The summed E-state index contributed by atoms with van der Waals surface area (Å²) in [6.07, 6.45) is 8.79. The summed E-state index contributed by atoms with van der Waals surface area (Å²) in [6, 6.07) is 2.17. The van der Waals surface area contributed by atoms with E-state index in [2.05, 4.69) is 10.3 Å². The van der Waals surface area contributed by atoms with Crippen molar-refractivity contribution in [2.24, 2.45) is 0 Å². The van der Waals surface area contributed by atoms with Crippen LogP contribution in [0.4, 0.5) is 0 Å². The molecule has 1 heterocycles. The van der Waals surface area contributed by atoms with Crippen LogP contribution in [-0.4, -0.2) is 16.9 Å². The number of amides is 1. The van der Waals surface area contributed by atoms with E-state index in [0.717, 1.165) is 25.7 Å². The van der Waals surface area contributed by atoms with Gasteiger partial charge in [-0.3, -0.25) is 4.79 Å². The zero-order valence-electron chi connectivity index (χ0n) is 10.1. The maximum Gasteiger partial charge on any atom is 0.262 e. The molecule has 1 aromatic heterocycles. The molecule has 18 heavy (non-hydrogen) atoms. The molecule has 5 heteroatoms. The molecule has 0 aromatic carbocycles. The first-order chi connectivity index (χ1) is 8.79. The van der Waals surface area contributed by atoms with Crippen LogP contribution in [-0.2, 0) is 4.79 Å². The summed E-state index contributed by atoms with van der Waals surface area (Å²) in [7, 11) is 0. The predicted octanol–water partition coefficient (Wildman–Crippen LogP) is 2.50. The zero-order chi connectivity index (χ0) is 12.8.